The monoisotopic (exact) mass is 493 g/mol. The summed E-state index contributed by atoms with van der Waals surface area (Å²) in [6.07, 6.45) is 1.55. The smallest absolute Gasteiger partial charge is 0.273 e. The molecule has 11 heteroatoms. The maximum absolute atomic E-state index is 13.3. The Balaban J connectivity index is 1.36. The summed E-state index contributed by atoms with van der Waals surface area (Å²) >= 11 is 1.03. The number of hydrogen-bond donors (Lipinski definition) is 1. The molecule has 33 heavy (non-hydrogen) atoms. The molecule has 1 amide bonds. The normalized spacial score (nSPS) is 16.4. The molecule has 1 aromatic heterocycles. The largest absolute Gasteiger partial charge is 0.493 e. The van der Waals surface area contributed by atoms with Crippen molar-refractivity contribution in [3.63, 3.8) is 0 Å². The molecule has 1 saturated heterocycles. The molecule has 2 aromatic carbocycles. The van der Waals surface area contributed by atoms with Gasteiger partial charge < -0.3 is 9.64 Å². The fourth-order valence-corrected chi connectivity index (χ4v) is 5.52. The molecule has 0 radical (unpaired) electrons. The van der Waals surface area contributed by atoms with E-state index in [0.29, 0.717) is 13.1 Å². The Morgan fingerprint density at radius 2 is 1.91 bits per heavy atom. The van der Waals surface area contributed by atoms with E-state index in [1.54, 1.807) is 23.1 Å². The maximum Gasteiger partial charge on any atom is 0.273 e. The highest BCUT2D eigenvalue weighted by Gasteiger charge is 2.27. The second-order valence-electron chi connectivity index (χ2n) is 7.63. The molecule has 0 saturated carbocycles. The molecule has 4 rings (SSSR count). The number of halogens is 2. The molecule has 1 aliphatic rings. The van der Waals surface area contributed by atoms with Crippen LogP contribution in [0.15, 0.2) is 58.8 Å². The van der Waals surface area contributed by atoms with Crippen molar-refractivity contribution in [2.45, 2.75) is 17.7 Å². The lowest BCUT2D eigenvalue weighted by molar-refractivity contribution is 0.0628. The Kier molecular flexibility index (Phi) is 6.89. The molecule has 3 aromatic rings. The minimum Gasteiger partial charge on any atom is -0.493 e. The van der Waals surface area contributed by atoms with Crippen molar-refractivity contribution >= 4 is 32.4 Å². The fourth-order valence-electron chi connectivity index (χ4n) is 3.57. The summed E-state index contributed by atoms with van der Waals surface area (Å²) in [5.41, 5.74) is 0.152. The number of ether oxygens (including phenoxy) is 1. The van der Waals surface area contributed by atoms with E-state index in [4.69, 9.17) is 4.74 Å². The van der Waals surface area contributed by atoms with E-state index in [1.165, 1.54) is 17.5 Å². The van der Waals surface area contributed by atoms with E-state index in [2.05, 4.69) is 9.71 Å². The lowest BCUT2D eigenvalue weighted by Gasteiger charge is -2.32. The molecule has 1 N–H and O–H groups in total. The highest BCUT2D eigenvalue weighted by Crippen LogP contribution is 2.24. The van der Waals surface area contributed by atoms with Gasteiger partial charge in [0.1, 0.15) is 23.1 Å². The van der Waals surface area contributed by atoms with Gasteiger partial charge in [0.05, 0.1) is 11.5 Å². The highest BCUT2D eigenvalue weighted by molar-refractivity contribution is 7.93. The van der Waals surface area contributed by atoms with Gasteiger partial charge in [-0.15, -0.1) is 11.3 Å². The fraction of sp³-hybridized carbons (Fsp3) is 0.273. The summed E-state index contributed by atoms with van der Waals surface area (Å²) < 4.78 is 59.5. The van der Waals surface area contributed by atoms with Crippen molar-refractivity contribution in [3.05, 3.63) is 71.2 Å². The number of benzene rings is 2. The summed E-state index contributed by atoms with van der Waals surface area (Å²) in [5, 5.41) is 1.62. The Hall–Kier alpha value is -3.05. The second kappa shape index (κ2) is 9.84. The Bertz CT molecular complexity index is 1220. The van der Waals surface area contributed by atoms with Gasteiger partial charge in [0, 0.05) is 42.6 Å². The lowest BCUT2D eigenvalue weighted by Crippen LogP contribution is -2.41. The van der Waals surface area contributed by atoms with Crippen molar-refractivity contribution in [1.29, 1.82) is 0 Å². The van der Waals surface area contributed by atoms with E-state index < -0.39 is 21.7 Å². The van der Waals surface area contributed by atoms with Crippen LogP contribution in [-0.4, -0.2) is 43.9 Å². The van der Waals surface area contributed by atoms with Gasteiger partial charge in [-0.1, -0.05) is 18.2 Å². The van der Waals surface area contributed by atoms with Crippen LogP contribution in [0.5, 0.6) is 5.75 Å². The second-order valence-corrected chi connectivity index (χ2v) is 10.2. The topological polar surface area (TPSA) is 88.6 Å². The first kappa shape index (κ1) is 23.1. The molecule has 2 heterocycles. The number of rotatable bonds is 7. The number of thiazole rings is 1. The van der Waals surface area contributed by atoms with Crippen LogP contribution in [0.1, 0.15) is 23.3 Å². The van der Waals surface area contributed by atoms with Crippen LogP contribution < -0.4 is 9.46 Å². The van der Waals surface area contributed by atoms with Crippen LogP contribution in [0.2, 0.25) is 0 Å². The SMILES string of the molecule is O=C(c1csc(NS(=O)(=O)c2ccccc2)n1)N1CCCC(COc2cc(F)cc(F)c2)C1. The molecular formula is C22H21F2N3O4S2. The summed E-state index contributed by atoms with van der Waals surface area (Å²) in [5.74, 6) is -1.65. The molecular weight excluding hydrogens is 472 g/mol. The molecule has 0 aliphatic carbocycles. The van der Waals surface area contributed by atoms with Crippen LogP contribution in [0.3, 0.4) is 0 Å². The zero-order chi connectivity index (χ0) is 23.4. The average Bonchev–Trinajstić information content (AvgIpc) is 3.25. The number of nitrogens with zero attached hydrogens (tertiary/aromatic N) is 2. The van der Waals surface area contributed by atoms with E-state index >= 15 is 0 Å². The van der Waals surface area contributed by atoms with Gasteiger partial charge in [-0.05, 0) is 25.0 Å². The number of nitrogens with one attached hydrogen (secondary N) is 1. The number of likely N-dealkylation sites (tertiary alicyclic amines) is 1. The summed E-state index contributed by atoms with van der Waals surface area (Å²) in [7, 11) is -3.80. The van der Waals surface area contributed by atoms with Crippen LogP contribution in [0, 0.1) is 17.6 Å². The van der Waals surface area contributed by atoms with Crippen molar-refractivity contribution in [1.82, 2.24) is 9.88 Å². The Morgan fingerprint density at radius 3 is 2.64 bits per heavy atom. The molecule has 1 fully saturated rings. The number of hydrogen-bond acceptors (Lipinski definition) is 6. The third kappa shape index (κ3) is 5.85. The van der Waals surface area contributed by atoms with Crippen LogP contribution >= 0.6 is 11.3 Å². The lowest BCUT2D eigenvalue weighted by atomic mass is 9.98. The molecule has 7 nitrogen and oxygen atoms in total. The van der Waals surface area contributed by atoms with Gasteiger partial charge in [0.15, 0.2) is 5.13 Å². The minimum atomic E-state index is -3.80. The van der Waals surface area contributed by atoms with Gasteiger partial charge in [-0.3, -0.25) is 9.52 Å². The predicted molar refractivity (Wildman–Crippen MR) is 120 cm³/mol. The molecule has 1 unspecified atom stereocenters. The first-order valence-corrected chi connectivity index (χ1v) is 12.6. The Labute approximate surface area is 194 Å². The standard InChI is InChI=1S/C22H21F2N3O4S2/c23-16-9-17(24)11-18(10-16)31-13-15-5-4-8-27(12-15)21(28)20-14-32-22(25-20)26-33(29,30)19-6-2-1-3-7-19/h1-3,6-7,9-11,14-15H,4-5,8,12-13H2,(H,25,26). The van der Waals surface area contributed by atoms with Crippen LogP contribution in [0.25, 0.3) is 0 Å². The summed E-state index contributed by atoms with van der Waals surface area (Å²) in [6.45, 7) is 1.15. The third-order valence-electron chi connectivity index (χ3n) is 5.13. The number of aromatic nitrogens is 1. The van der Waals surface area contributed by atoms with Crippen LogP contribution in [0.4, 0.5) is 13.9 Å². The van der Waals surface area contributed by atoms with Crippen LogP contribution in [-0.2, 0) is 10.0 Å². The van der Waals surface area contributed by atoms with Crippen molar-refractivity contribution < 1.29 is 26.7 Å². The number of piperidine rings is 1. The molecule has 1 atom stereocenters. The number of carbonyl (C=O) groups is 1. The minimum absolute atomic E-state index is 0.0104. The first-order chi connectivity index (χ1) is 15.8. The molecule has 1 aliphatic heterocycles. The average molecular weight is 494 g/mol. The first-order valence-electron chi connectivity index (χ1n) is 10.2. The van der Waals surface area contributed by atoms with Crippen molar-refractivity contribution in [3.8, 4) is 5.75 Å². The molecule has 174 valence electrons. The molecule has 0 bridgehead atoms. The van der Waals surface area contributed by atoms with Gasteiger partial charge in [-0.25, -0.2) is 22.2 Å². The number of amides is 1. The zero-order valence-corrected chi connectivity index (χ0v) is 19.0. The van der Waals surface area contributed by atoms with Crippen molar-refractivity contribution in [2.75, 3.05) is 24.4 Å². The number of anilines is 1. The van der Waals surface area contributed by atoms with E-state index in [0.717, 1.165) is 42.4 Å². The van der Waals surface area contributed by atoms with E-state index in [9.17, 15) is 22.0 Å². The van der Waals surface area contributed by atoms with E-state index in [1.807, 2.05) is 0 Å². The summed E-state index contributed by atoms with van der Waals surface area (Å²) in [6, 6.07) is 10.9. The van der Waals surface area contributed by atoms with Gasteiger partial charge in [0.25, 0.3) is 15.9 Å². The van der Waals surface area contributed by atoms with E-state index in [-0.39, 0.29) is 39.9 Å². The predicted octanol–water partition coefficient (Wildman–Crippen LogP) is 4.15. The van der Waals surface area contributed by atoms with Crippen molar-refractivity contribution in [2.24, 2.45) is 5.92 Å². The van der Waals surface area contributed by atoms with Gasteiger partial charge in [-0.2, -0.15) is 0 Å². The zero-order valence-electron chi connectivity index (χ0n) is 17.4. The highest BCUT2D eigenvalue weighted by atomic mass is 32.2. The Morgan fingerprint density at radius 1 is 1.18 bits per heavy atom. The third-order valence-corrected chi connectivity index (χ3v) is 7.37. The number of sulfonamides is 1. The number of carbonyl (C=O) groups excluding carboxylic acids is 1. The maximum atomic E-state index is 13.3. The summed E-state index contributed by atoms with van der Waals surface area (Å²) in [4.78, 5) is 18.8. The quantitative estimate of drug-likeness (QED) is 0.534. The molecule has 0 spiro atoms. The van der Waals surface area contributed by atoms with Gasteiger partial charge >= 0.3 is 0 Å². The van der Waals surface area contributed by atoms with Gasteiger partial charge in [0.2, 0.25) is 0 Å².